The summed E-state index contributed by atoms with van der Waals surface area (Å²) in [5.41, 5.74) is 1.50. The van der Waals surface area contributed by atoms with Crippen molar-refractivity contribution in [3.8, 4) is 11.3 Å². The number of aromatic amines is 1. The van der Waals surface area contributed by atoms with E-state index in [0.29, 0.717) is 23.4 Å². The maximum atomic E-state index is 13.1. The van der Waals surface area contributed by atoms with Gasteiger partial charge in [-0.3, -0.25) is 14.7 Å². The van der Waals surface area contributed by atoms with Crippen molar-refractivity contribution in [2.75, 3.05) is 13.1 Å². The van der Waals surface area contributed by atoms with E-state index in [1.54, 1.807) is 19.1 Å². The van der Waals surface area contributed by atoms with Gasteiger partial charge < -0.3 is 10.2 Å². The molecule has 24 heavy (non-hydrogen) atoms. The Morgan fingerprint density at radius 3 is 2.54 bits per heavy atom. The SMILES string of the molecule is CCN(CC(=O)NC(C)C)C(=O)c1cn[nH]c1-c1ccc(F)cc1. The van der Waals surface area contributed by atoms with Crippen LogP contribution in [0, 0.1) is 5.82 Å². The Morgan fingerprint density at radius 2 is 1.96 bits per heavy atom. The summed E-state index contributed by atoms with van der Waals surface area (Å²) in [6.45, 7) is 5.88. The van der Waals surface area contributed by atoms with Crippen LogP contribution < -0.4 is 5.32 Å². The molecule has 2 N–H and O–H groups in total. The number of hydrogen-bond donors (Lipinski definition) is 2. The first-order chi connectivity index (χ1) is 11.4. The quantitative estimate of drug-likeness (QED) is 0.851. The highest BCUT2D eigenvalue weighted by atomic mass is 19.1. The molecule has 0 aliphatic carbocycles. The maximum Gasteiger partial charge on any atom is 0.258 e. The van der Waals surface area contributed by atoms with Gasteiger partial charge in [0.15, 0.2) is 0 Å². The highest BCUT2D eigenvalue weighted by Crippen LogP contribution is 2.22. The van der Waals surface area contributed by atoms with Crippen LogP contribution in [0.1, 0.15) is 31.1 Å². The van der Waals surface area contributed by atoms with Crippen LogP contribution in [-0.2, 0) is 4.79 Å². The predicted octanol–water partition coefficient (Wildman–Crippen LogP) is 2.20. The van der Waals surface area contributed by atoms with Gasteiger partial charge in [0.05, 0.1) is 24.0 Å². The number of nitrogens with zero attached hydrogens (tertiary/aromatic N) is 2. The smallest absolute Gasteiger partial charge is 0.258 e. The lowest BCUT2D eigenvalue weighted by Gasteiger charge is -2.21. The lowest BCUT2D eigenvalue weighted by atomic mass is 10.1. The highest BCUT2D eigenvalue weighted by molar-refractivity contribution is 6.01. The topological polar surface area (TPSA) is 78.1 Å². The van der Waals surface area contributed by atoms with Crippen molar-refractivity contribution in [3.63, 3.8) is 0 Å². The van der Waals surface area contributed by atoms with Gasteiger partial charge in [-0.1, -0.05) is 0 Å². The fourth-order valence-corrected chi connectivity index (χ4v) is 2.32. The van der Waals surface area contributed by atoms with Crippen molar-refractivity contribution in [2.24, 2.45) is 0 Å². The van der Waals surface area contributed by atoms with Crippen molar-refractivity contribution in [1.82, 2.24) is 20.4 Å². The molecule has 0 saturated carbocycles. The predicted molar refractivity (Wildman–Crippen MR) is 88.8 cm³/mol. The molecule has 6 nitrogen and oxygen atoms in total. The molecule has 0 fully saturated rings. The zero-order valence-electron chi connectivity index (χ0n) is 14.0. The van der Waals surface area contributed by atoms with Crippen molar-refractivity contribution in [2.45, 2.75) is 26.8 Å². The second-order valence-electron chi connectivity index (χ2n) is 5.71. The minimum absolute atomic E-state index is 0.00927. The summed E-state index contributed by atoms with van der Waals surface area (Å²) < 4.78 is 13.1. The van der Waals surface area contributed by atoms with E-state index >= 15 is 0 Å². The van der Waals surface area contributed by atoms with E-state index in [0.717, 1.165) is 0 Å². The Bertz CT molecular complexity index is 710. The first kappa shape index (κ1) is 17.7. The molecular formula is C17H21FN4O2. The van der Waals surface area contributed by atoms with Gasteiger partial charge in [-0.15, -0.1) is 0 Å². The van der Waals surface area contributed by atoms with Crippen LogP contribution in [0.3, 0.4) is 0 Å². The van der Waals surface area contributed by atoms with Gasteiger partial charge in [0.1, 0.15) is 5.82 Å². The summed E-state index contributed by atoms with van der Waals surface area (Å²) in [5.74, 6) is -0.872. The van der Waals surface area contributed by atoms with Gasteiger partial charge in [0.25, 0.3) is 5.91 Å². The fourth-order valence-electron chi connectivity index (χ4n) is 2.32. The van der Waals surface area contributed by atoms with Crippen LogP contribution in [0.2, 0.25) is 0 Å². The molecule has 1 aromatic carbocycles. The Hall–Kier alpha value is -2.70. The standard InChI is InChI=1S/C17H21FN4O2/c1-4-22(10-15(23)20-11(2)3)17(24)14-9-19-21-16(14)12-5-7-13(18)8-6-12/h5-9,11H,4,10H2,1-3H3,(H,19,21)(H,20,23). The molecule has 2 rings (SSSR count). The number of H-pyrrole nitrogens is 1. The summed E-state index contributed by atoms with van der Waals surface area (Å²) >= 11 is 0. The summed E-state index contributed by atoms with van der Waals surface area (Å²) in [5, 5.41) is 9.45. The van der Waals surface area contributed by atoms with Gasteiger partial charge in [-0.05, 0) is 45.0 Å². The van der Waals surface area contributed by atoms with E-state index in [2.05, 4.69) is 15.5 Å². The third-order valence-electron chi connectivity index (χ3n) is 3.46. The average molecular weight is 332 g/mol. The van der Waals surface area contributed by atoms with E-state index in [1.807, 2.05) is 13.8 Å². The molecular weight excluding hydrogens is 311 g/mol. The number of halogens is 1. The van der Waals surface area contributed by atoms with E-state index in [9.17, 15) is 14.0 Å². The number of rotatable bonds is 6. The number of carbonyl (C=O) groups excluding carboxylic acids is 2. The van der Waals surface area contributed by atoms with Gasteiger partial charge in [-0.25, -0.2) is 4.39 Å². The summed E-state index contributed by atoms with van der Waals surface area (Å²) in [6, 6.07) is 5.79. The largest absolute Gasteiger partial charge is 0.352 e. The van der Waals surface area contributed by atoms with Gasteiger partial charge in [0.2, 0.25) is 5.91 Å². The van der Waals surface area contributed by atoms with Crippen molar-refractivity contribution in [1.29, 1.82) is 0 Å². The molecule has 0 aliphatic rings. The van der Waals surface area contributed by atoms with Crippen LogP contribution in [-0.4, -0.2) is 46.0 Å². The summed E-state index contributed by atoms with van der Waals surface area (Å²) in [7, 11) is 0. The monoisotopic (exact) mass is 332 g/mol. The lowest BCUT2D eigenvalue weighted by molar-refractivity contribution is -0.122. The maximum absolute atomic E-state index is 13.1. The zero-order chi connectivity index (χ0) is 17.7. The summed E-state index contributed by atoms with van der Waals surface area (Å²) in [4.78, 5) is 26.1. The number of carbonyl (C=O) groups is 2. The Balaban J connectivity index is 2.21. The molecule has 0 spiro atoms. The number of likely N-dealkylation sites (N-methyl/N-ethyl adjacent to an activating group) is 1. The van der Waals surface area contributed by atoms with Crippen LogP contribution >= 0.6 is 0 Å². The molecule has 2 aromatic rings. The van der Waals surface area contributed by atoms with E-state index in [1.165, 1.54) is 23.2 Å². The molecule has 128 valence electrons. The molecule has 0 radical (unpaired) electrons. The molecule has 1 aromatic heterocycles. The van der Waals surface area contributed by atoms with Gasteiger partial charge >= 0.3 is 0 Å². The molecule has 0 aliphatic heterocycles. The number of benzene rings is 1. The minimum atomic E-state index is -0.355. The summed E-state index contributed by atoms with van der Waals surface area (Å²) in [6.07, 6.45) is 1.42. The number of hydrogen-bond acceptors (Lipinski definition) is 3. The highest BCUT2D eigenvalue weighted by Gasteiger charge is 2.22. The first-order valence-electron chi connectivity index (χ1n) is 7.80. The third kappa shape index (κ3) is 4.18. The molecule has 0 saturated heterocycles. The van der Waals surface area contributed by atoms with Crippen LogP contribution in [0.25, 0.3) is 11.3 Å². The zero-order valence-corrected chi connectivity index (χ0v) is 14.0. The van der Waals surface area contributed by atoms with Crippen molar-refractivity contribution >= 4 is 11.8 Å². The number of aromatic nitrogens is 2. The van der Waals surface area contributed by atoms with Crippen molar-refractivity contribution in [3.05, 3.63) is 41.8 Å². The molecule has 0 unspecified atom stereocenters. The van der Waals surface area contributed by atoms with Gasteiger partial charge in [-0.2, -0.15) is 5.10 Å². The first-order valence-corrected chi connectivity index (χ1v) is 7.80. The molecule has 0 atom stereocenters. The second kappa shape index (κ2) is 7.72. The fraction of sp³-hybridized carbons (Fsp3) is 0.353. The lowest BCUT2D eigenvalue weighted by Crippen LogP contribution is -2.42. The Morgan fingerprint density at radius 1 is 1.29 bits per heavy atom. The minimum Gasteiger partial charge on any atom is -0.352 e. The van der Waals surface area contributed by atoms with Crippen LogP contribution in [0.4, 0.5) is 4.39 Å². The van der Waals surface area contributed by atoms with E-state index in [4.69, 9.17) is 0 Å². The number of nitrogens with one attached hydrogen (secondary N) is 2. The third-order valence-corrected chi connectivity index (χ3v) is 3.46. The second-order valence-corrected chi connectivity index (χ2v) is 5.71. The Labute approximate surface area is 140 Å². The van der Waals surface area contributed by atoms with E-state index < -0.39 is 0 Å². The molecule has 0 bridgehead atoms. The average Bonchev–Trinajstić information content (AvgIpc) is 3.01. The molecule has 7 heteroatoms. The van der Waals surface area contributed by atoms with Gasteiger partial charge in [0, 0.05) is 18.2 Å². The van der Waals surface area contributed by atoms with Crippen LogP contribution in [0.5, 0.6) is 0 Å². The number of amides is 2. The van der Waals surface area contributed by atoms with E-state index in [-0.39, 0.29) is 30.2 Å². The molecule has 2 amide bonds. The molecule has 1 heterocycles. The Kier molecular flexibility index (Phi) is 5.68. The van der Waals surface area contributed by atoms with Crippen LogP contribution in [0.15, 0.2) is 30.5 Å². The van der Waals surface area contributed by atoms with Crippen molar-refractivity contribution < 1.29 is 14.0 Å². The normalized spacial score (nSPS) is 10.7.